The fourth-order valence-electron chi connectivity index (χ4n) is 1.81. The zero-order chi connectivity index (χ0) is 13.8. The Bertz CT molecular complexity index is 469. The minimum atomic E-state index is -0.990. The molecule has 0 bridgehead atoms. The molecule has 0 unspecified atom stereocenters. The van der Waals surface area contributed by atoms with Crippen molar-refractivity contribution in [2.24, 2.45) is 7.05 Å². The molecule has 2 amide bonds. The molecule has 0 atom stereocenters. The predicted octanol–water partition coefficient (Wildman–Crippen LogP) is -0.384. The number of aryl methyl sites for hydroxylation is 1. The number of nitrogens with one attached hydrogen (secondary N) is 1. The van der Waals surface area contributed by atoms with E-state index < -0.39 is 5.97 Å². The second-order valence-corrected chi connectivity index (χ2v) is 4.59. The summed E-state index contributed by atoms with van der Waals surface area (Å²) in [4.78, 5) is 24.0. The smallest absolute Gasteiger partial charge is 0.323 e. The lowest BCUT2D eigenvalue weighted by Crippen LogP contribution is -2.44. The Morgan fingerprint density at radius 2 is 2.32 bits per heavy atom. The molecule has 2 rings (SSSR count). The van der Waals surface area contributed by atoms with Crippen molar-refractivity contribution in [3.05, 3.63) is 12.2 Å². The van der Waals surface area contributed by atoms with Gasteiger partial charge in [0.2, 0.25) is 0 Å². The third kappa shape index (κ3) is 3.67. The number of rotatable bonds is 6. The van der Waals surface area contributed by atoms with Crippen molar-refractivity contribution in [2.45, 2.75) is 25.3 Å². The van der Waals surface area contributed by atoms with Crippen molar-refractivity contribution in [1.29, 1.82) is 0 Å². The van der Waals surface area contributed by atoms with Gasteiger partial charge in [0.25, 0.3) is 0 Å². The van der Waals surface area contributed by atoms with Crippen molar-refractivity contribution >= 4 is 12.0 Å². The van der Waals surface area contributed by atoms with Crippen LogP contribution in [0.4, 0.5) is 4.79 Å². The first kappa shape index (κ1) is 13.3. The minimum absolute atomic E-state index is 0.0749. The van der Waals surface area contributed by atoms with E-state index in [0.29, 0.717) is 13.0 Å². The first-order valence-corrected chi connectivity index (χ1v) is 6.17. The van der Waals surface area contributed by atoms with Gasteiger partial charge in [0.1, 0.15) is 18.7 Å². The second-order valence-electron chi connectivity index (χ2n) is 4.59. The van der Waals surface area contributed by atoms with Gasteiger partial charge in [-0.1, -0.05) is 0 Å². The highest BCUT2D eigenvalue weighted by Gasteiger charge is 2.33. The highest BCUT2D eigenvalue weighted by molar-refractivity contribution is 5.80. The molecule has 0 aliphatic heterocycles. The Kier molecular flexibility index (Phi) is 3.98. The Morgan fingerprint density at radius 3 is 2.84 bits per heavy atom. The van der Waals surface area contributed by atoms with Crippen molar-refractivity contribution in [3.8, 4) is 0 Å². The van der Waals surface area contributed by atoms with Gasteiger partial charge in [-0.2, -0.15) is 0 Å². The number of hydrogen-bond acceptors (Lipinski definition) is 4. The van der Waals surface area contributed by atoms with Gasteiger partial charge in [0.05, 0.1) is 0 Å². The average molecular weight is 267 g/mol. The first-order chi connectivity index (χ1) is 9.08. The Balaban J connectivity index is 1.79. The number of amides is 2. The van der Waals surface area contributed by atoms with Crippen LogP contribution < -0.4 is 5.32 Å². The minimum Gasteiger partial charge on any atom is -0.480 e. The molecule has 8 heteroatoms. The van der Waals surface area contributed by atoms with E-state index in [1.165, 1.54) is 4.90 Å². The Hall–Kier alpha value is -2.12. The number of carbonyl (C=O) groups is 2. The van der Waals surface area contributed by atoms with Crippen LogP contribution in [0.2, 0.25) is 0 Å². The molecule has 1 aliphatic carbocycles. The number of aromatic nitrogens is 3. The summed E-state index contributed by atoms with van der Waals surface area (Å²) >= 11 is 0. The zero-order valence-electron chi connectivity index (χ0n) is 10.7. The SMILES string of the molecule is Cn1cnnc1CCNC(=O)N(CC(=O)O)C1CC1. The van der Waals surface area contributed by atoms with Crippen LogP contribution in [-0.2, 0) is 18.3 Å². The summed E-state index contributed by atoms with van der Waals surface area (Å²) < 4.78 is 1.78. The summed E-state index contributed by atoms with van der Waals surface area (Å²) in [5.41, 5.74) is 0. The van der Waals surface area contributed by atoms with E-state index in [1.807, 2.05) is 7.05 Å². The number of urea groups is 1. The van der Waals surface area contributed by atoms with Crippen LogP contribution in [0.25, 0.3) is 0 Å². The summed E-state index contributed by atoms with van der Waals surface area (Å²) in [6, 6.07) is -0.252. The van der Waals surface area contributed by atoms with Crippen molar-refractivity contribution in [3.63, 3.8) is 0 Å². The molecule has 1 fully saturated rings. The van der Waals surface area contributed by atoms with E-state index in [9.17, 15) is 9.59 Å². The molecule has 1 aromatic heterocycles. The molecule has 0 aromatic carbocycles. The maximum absolute atomic E-state index is 11.9. The standard InChI is InChI=1S/C11H17N5O3/c1-15-7-13-14-9(15)4-5-12-11(19)16(6-10(17)18)8-2-3-8/h7-8H,2-6H2,1H3,(H,12,19)(H,17,18). The highest BCUT2D eigenvalue weighted by Crippen LogP contribution is 2.26. The van der Waals surface area contributed by atoms with Crippen LogP contribution >= 0.6 is 0 Å². The largest absolute Gasteiger partial charge is 0.480 e. The van der Waals surface area contributed by atoms with Gasteiger partial charge < -0.3 is 19.9 Å². The van der Waals surface area contributed by atoms with Gasteiger partial charge >= 0.3 is 12.0 Å². The summed E-state index contributed by atoms with van der Waals surface area (Å²) in [5.74, 6) is -0.216. The van der Waals surface area contributed by atoms with E-state index in [0.717, 1.165) is 18.7 Å². The van der Waals surface area contributed by atoms with Crippen molar-refractivity contribution in [2.75, 3.05) is 13.1 Å². The molecular weight excluding hydrogens is 250 g/mol. The second kappa shape index (κ2) is 5.68. The van der Waals surface area contributed by atoms with E-state index in [1.54, 1.807) is 10.9 Å². The highest BCUT2D eigenvalue weighted by atomic mass is 16.4. The lowest BCUT2D eigenvalue weighted by Gasteiger charge is -2.20. The van der Waals surface area contributed by atoms with E-state index in [-0.39, 0.29) is 18.6 Å². The molecule has 8 nitrogen and oxygen atoms in total. The monoisotopic (exact) mass is 267 g/mol. The quantitative estimate of drug-likeness (QED) is 0.731. The van der Waals surface area contributed by atoms with Gasteiger partial charge in [-0.3, -0.25) is 4.79 Å². The number of carbonyl (C=O) groups excluding carboxylic acids is 1. The van der Waals surface area contributed by atoms with E-state index in [4.69, 9.17) is 5.11 Å². The van der Waals surface area contributed by atoms with Crippen molar-refractivity contribution in [1.82, 2.24) is 25.0 Å². The molecule has 2 N–H and O–H groups in total. The number of carboxylic acids is 1. The van der Waals surface area contributed by atoms with Crippen LogP contribution in [-0.4, -0.2) is 55.9 Å². The maximum atomic E-state index is 11.9. The third-order valence-electron chi connectivity index (χ3n) is 2.98. The molecule has 104 valence electrons. The zero-order valence-corrected chi connectivity index (χ0v) is 10.7. The molecule has 19 heavy (non-hydrogen) atoms. The van der Waals surface area contributed by atoms with Gasteiger partial charge in [0.15, 0.2) is 0 Å². The van der Waals surface area contributed by atoms with Crippen LogP contribution in [0.3, 0.4) is 0 Å². The normalized spacial score (nSPS) is 14.2. The molecule has 0 radical (unpaired) electrons. The molecule has 1 saturated carbocycles. The van der Waals surface area contributed by atoms with Gasteiger partial charge in [-0.25, -0.2) is 4.79 Å². The summed E-state index contributed by atoms with van der Waals surface area (Å²) in [5, 5.41) is 19.1. The van der Waals surface area contributed by atoms with Crippen LogP contribution in [0.15, 0.2) is 6.33 Å². The lowest BCUT2D eigenvalue weighted by molar-refractivity contribution is -0.137. The molecular formula is C11H17N5O3. The molecule has 1 heterocycles. The number of aliphatic carboxylic acids is 1. The maximum Gasteiger partial charge on any atom is 0.323 e. The summed E-state index contributed by atoms with van der Waals surface area (Å²) in [6.45, 7) is 0.161. The lowest BCUT2D eigenvalue weighted by atomic mass is 10.4. The third-order valence-corrected chi connectivity index (χ3v) is 2.98. The van der Waals surface area contributed by atoms with Gasteiger partial charge in [-0.05, 0) is 12.8 Å². The first-order valence-electron chi connectivity index (χ1n) is 6.17. The van der Waals surface area contributed by atoms with Crippen LogP contribution in [0.5, 0.6) is 0 Å². The van der Waals surface area contributed by atoms with E-state index in [2.05, 4.69) is 15.5 Å². The molecule has 0 spiro atoms. The van der Waals surface area contributed by atoms with Crippen LogP contribution in [0.1, 0.15) is 18.7 Å². The number of carboxylic acid groups (broad SMARTS) is 1. The summed E-state index contributed by atoms with van der Waals surface area (Å²) in [7, 11) is 1.83. The Morgan fingerprint density at radius 1 is 1.58 bits per heavy atom. The fraction of sp³-hybridized carbons (Fsp3) is 0.636. The molecule has 1 aromatic rings. The van der Waals surface area contributed by atoms with E-state index >= 15 is 0 Å². The molecule has 0 saturated heterocycles. The van der Waals surface area contributed by atoms with Crippen molar-refractivity contribution < 1.29 is 14.7 Å². The fourth-order valence-corrected chi connectivity index (χ4v) is 1.81. The predicted molar refractivity (Wildman–Crippen MR) is 65.5 cm³/mol. The average Bonchev–Trinajstić information content (AvgIpc) is 3.11. The topological polar surface area (TPSA) is 100 Å². The van der Waals surface area contributed by atoms with Gasteiger partial charge in [-0.15, -0.1) is 10.2 Å². The Labute approximate surface area is 110 Å². The molecule has 1 aliphatic rings. The summed E-state index contributed by atoms with van der Waals surface area (Å²) in [6.07, 6.45) is 3.92. The van der Waals surface area contributed by atoms with Gasteiger partial charge in [0, 0.05) is 26.1 Å². The van der Waals surface area contributed by atoms with Crippen LogP contribution in [0, 0.1) is 0 Å². The number of nitrogens with zero attached hydrogens (tertiary/aromatic N) is 4. The number of hydrogen-bond donors (Lipinski definition) is 2.